The second kappa shape index (κ2) is 6.02. The fourth-order valence-electron chi connectivity index (χ4n) is 3.07. The maximum absolute atomic E-state index is 11.2. The molecule has 2 atom stereocenters. The molecule has 21 heavy (non-hydrogen) atoms. The molecule has 0 spiro atoms. The number of hydrogen-bond acceptors (Lipinski definition) is 2. The Kier molecular flexibility index (Phi) is 4.10. The van der Waals surface area contributed by atoms with Crippen molar-refractivity contribution in [3.05, 3.63) is 40.8 Å². The molecule has 0 saturated carbocycles. The van der Waals surface area contributed by atoms with Crippen LogP contribution in [-0.4, -0.2) is 27.8 Å². The van der Waals surface area contributed by atoms with Crippen molar-refractivity contribution in [1.29, 1.82) is 0 Å². The molecule has 110 valence electrons. The van der Waals surface area contributed by atoms with Gasteiger partial charge in [-0.2, -0.15) is 0 Å². The lowest BCUT2D eigenvalue weighted by Gasteiger charge is -2.22. The molecule has 1 amide bonds. The zero-order valence-corrected chi connectivity index (χ0v) is 13.5. The van der Waals surface area contributed by atoms with Crippen LogP contribution in [0.1, 0.15) is 31.6 Å². The molecule has 1 N–H and O–H groups in total. The van der Waals surface area contributed by atoms with Crippen LogP contribution in [0.2, 0.25) is 0 Å². The third-order valence-corrected chi connectivity index (χ3v) is 4.78. The van der Waals surface area contributed by atoms with Crippen LogP contribution in [0, 0.1) is 5.92 Å². The van der Waals surface area contributed by atoms with Gasteiger partial charge < -0.3 is 9.88 Å². The van der Waals surface area contributed by atoms with Gasteiger partial charge in [-0.3, -0.25) is 4.79 Å². The van der Waals surface area contributed by atoms with Gasteiger partial charge in [0.25, 0.3) is 0 Å². The van der Waals surface area contributed by atoms with Gasteiger partial charge in [-0.05, 0) is 30.0 Å². The first-order chi connectivity index (χ1) is 10.2. The van der Waals surface area contributed by atoms with Crippen LogP contribution >= 0.6 is 15.9 Å². The highest BCUT2D eigenvalue weighted by Crippen LogP contribution is 2.37. The molecule has 3 rings (SSSR count). The fraction of sp³-hybridized carbons (Fsp3) is 0.375. The molecule has 1 fully saturated rings. The predicted molar refractivity (Wildman–Crippen MR) is 85.6 cm³/mol. The summed E-state index contributed by atoms with van der Waals surface area (Å²) in [6, 6.07) is 8.20. The summed E-state index contributed by atoms with van der Waals surface area (Å²) >= 11 is 3.44. The quantitative estimate of drug-likeness (QED) is 0.855. The lowest BCUT2D eigenvalue weighted by atomic mass is 9.97. The van der Waals surface area contributed by atoms with Crippen molar-refractivity contribution in [1.82, 2.24) is 14.9 Å². The fourth-order valence-corrected chi connectivity index (χ4v) is 3.34. The summed E-state index contributed by atoms with van der Waals surface area (Å²) in [5.41, 5.74) is 2.09. The van der Waals surface area contributed by atoms with Crippen LogP contribution in [0.4, 0.5) is 0 Å². The Labute approximate surface area is 132 Å². The van der Waals surface area contributed by atoms with Crippen LogP contribution in [0.3, 0.4) is 0 Å². The first-order valence-electron chi connectivity index (χ1n) is 7.24. The van der Waals surface area contributed by atoms with Gasteiger partial charge in [0, 0.05) is 11.0 Å². The molecule has 1 aliphatic heterocycles. The number of carbonyl (C=O) groups is 1. The van der Waals surface area contributed by atoms with Crippen LogP contribution in [0.25, 0.3) is 11.3 Å². The maximum Gasteiger partial charge on any atom is 0.210 e. The van der Waals surface area contributed by atoms with Gasteiger partial charge in [0.15, 0.2) is 0 Å². The van der Waals surface area contributed by atoms with E-state index in [4.69, 9.17) is 0 Å². The lowest BCUT2D eigenvalue weighted by molar-refractivity contribution is -0.119. The van der Waals surface area contributed by atoms with E-state index in [2.05, 4.69) is 32.8 Å². The van der Waals surface area contributed by atoms with Crippen molar-refractivity contribution >= 4 is 22.3 Å². The monoisotopic (exact) mass is 347 g/mol. The van der Waals surface area contributed by atoms with Crippen molar-refractivity contribution in [2.24, 2.45) is 5.92 Å². The number of halogens is 1. The van der Waals surface area contributed by atoms with Crippen LogP contribution in [0.5, 0.6) is 0 Å². The minimum absolute atomic E-state index is 0.0803. The van der Waals surface area contributed by atoms with E-state index in [1.165, 1.54) is 0 Å². The average Bonchev–Trinajstić information content (AvgIpc) is 3.13. The summed E-state index contributed by atoms with van der Waals surface area (Å²) < 4.78 is 1.06. The zero-order chi connectivity index (χ0) is 14.8. The standard InChI is InChI=1S/C16H18BrN3O/c1-2-11-7-8-20(10-21)15(11)16-18-9-14(19-16)12-3-5-13(17)6-4-12/h3-6,9-11,15H,2,7-8H2,1H3,(H,18,19). The molecule has 0 bridgehead atoms. The second-order valence-electron chi connectivity index (χ2n) is 5.43. The maximum atomic E-state index is 11.2. The van der Waals surface area contributed by atoms with Gasteiger partial charge in [-0.25, -0.2) is 4.98 Å². The smallest absolute Gasteiger partial charge is 0.210 e. The first-order valence-corrected chi connectivity index (χ1v) is 8.04. The van der Waals surface area contributed by atoms with Crippen molar-refractivity contribution in [3.8, 4) is 11.3 Å². The molecule has 2 heterocycles. The SMILES string of the molecule is CCC1CCN(C=O)C1c1ncc(-c2ccc(Br)cc2)[nH]1. The Morgan fingerprint density at radius 3 is 2.86 bits per heavy atom. The number of benzene rings is 1. The number of aromatic amines is 1. The molecular weight excluding hydrogens is 330 g/mol. The van der Waals surface area contributed by atoms with Crippen molar-refractivity contribution < 1.29 is 4.79 Å². The zero-order valence-electron chi connectivity index (χ0n) is 11.9. The highest BCUT2D eigenvalue weighted by Gasteiger charge is 2.35. The molecule has 0 aliphatic carbocycles. The Bertz CT molecular complexity index is 623. The van der Waals surface area contributed by atoms with Crippen LogP contribution in [0.15, 0.2) is 34.9 Å². The summed E-state index contributed by atoms with van der Waals surface area (Å²) in [6.45, 7) is 2.99. The van der Waals surface area contributed by atoms with E-state index in [1.807, 2.05) is 35.4 Å². The number of rotatable bonds is 4. The number of nitrogens with zero attached hydrogens (tertiary/aromatic N) is 2. The van der Waals surface area contributed by atoms with E-state index in [0.717, 1.165) is 47.4 Å². The number of imidazole rings is 1. The molecule has 1 aromatic carbocycles. The molecule has 5 heteroatoms. The number of nitrogens with one attached hydrogen (secondary N) is 1. The number of H-pyrrole nitrogens is 1. The molecule has 0 radical (unpaired) electrons. The molecule has 4 nitrogen and oxygen atoms in total. The summed E-state index contributed by atoms with van der Waals surface area (Å²) in [7, 11) is 0. The topological polar surface area (TPSA) is 49.0 Å². The van der Waals surface area contributed by atoms with Crippen LogP contribution < -0.4 is 0 Å². The Hall–Kier alpha value is -1.62. The first kappa shape index (κ1) is 14.3. The van der Waals surface area contributed by atoms with E-state index >= 15 is 0 Å². The Balaban J connectivity index is 1.90. The molecule has 2 unspecified atom stereocenters. The van der Waals surface area contributed by atoms with Gasteiger partial charge in [0.2, 0.25) is 6.41 Å². The lowest BCUT2D eigenvalue weighted by Crippen LogP contribution is -2.24. The highest BCUT2D eigenvalue weighted by molar-refractivity contribution is 9.10. The number of hydrogen-bond donors (Lipinski definition) is 1. The number of likely N-dealkylation sites (tertiary alicyclic amines) is 1. The number of aromatic nitrogens is 2. The van der Waals surface area contributed by atoms with E-state index in [9.17, 15) is 4.79 Å². The molecule has 2 aromatic rings. The van der Waals surface area contributed by atoms with E-state index in [0.29, 0.717) is 5.92 Å². The largest absolute Gasteiger partial charge is 0.340 e. The Morgan fingerprint density at radius 1 is 1.43 bits per heavy atom. The van der Waals surface area contributed by atoms with Crippen molar-refractivity contribution in [2.75, 3.05) is 6.54 Å². The van der Waals surface area contributed by atoms with Gasteiger partial charge >= 0.3 is 0 Å². The summed E-state index contributed by atoms with van der Waals surface area (Å²) in [6.07, 6.45) is 4.91. The predicted octanol–water partition coefficient (Wildman–Crippen LogP) is 3.77. The number of amides is 1. The van der Waals surface area contributed by atoms with Crippen molar-refractivity contribution in [2.45, 2.75) is 25.8 Å². The second-order valence-corrected chi connectivity index (χ2v) is 6.35. The minimum atomic E-state index is 0.0803. The molecule has 1 aliphatic rings. The van der Waals surface area contributed by atoms with E-state index in [1.54, 1.807) is 0 Å². The Morgan fingerprint density at radius 2 is 2.19 bits per heavy atom. The summed E-state index contributed by atoms with van der Waals surface area (Å²) in [5.74, 6) is 1.38. The highest BCUT2D eigenvalue weighted by atomic mass is 79.9. The van der Waals surface area contributed by atoms with E-state index in [-0.39, 0.29) is 6.04 Å². The van der Waals surface area contributed by atoms with Crippen molar-refractivity contribution in [3.63, 3.8) is 0 Å². The van der Waals surface area contributed by atoms with Gasteiger partial charge in [-0.15, -0.1) is 0 Å². The summed E-state index contributed by atoms with van der Waals surface area (Å²) in [4.78, 5) is 21.0. The molecular formula is C16H18BrN3O. The third-order valence-electron chi connectivity index (χ3n) is 4.25. The van der Waals surface area contributed by atoms with Gasteiger partial charge in [0.1, 0.15) is 5.82 Å². The van der Waals surface area contributed by atoms with Gasteiger partial charge in [0.05, 0.1) is 17.9 Å². The molecule has 1 aromatic heterocycles. The average molecular weight is 348 g/mol. The van der Waals surface area contributed by atoms with E-state index < -0.39 is 0 Å². The summed E-state index contributed by atoms with van der Waals surface area (Å²) in [5, 5.41) is 0. The third kappa shape index (κ3) is 2.75. The van der Waals surface area contributed by atoms with Crippen LogP contribution in [-0.2, 0) is 4.79 Å². The normalized spacial score (nSPS) is 21.7. The van der Waals surface area contributed by atoms with Gasteiger partial charge in [-0.1, -0.05) is 41.4 Å². The molecule has 1 saturated heterocycles. The number of carbonyl (C=O) groups excluding carboxylic acids is 1. The minimum Gasteiger partial charge on any atom is -0.340 e.